The Hall–Kier alpha value is -1.06. The average molecular weight is 235 g/mol. The van der Waals surface area contributed by atoms with E-state index in [2.05, 4.69) is 19.2 Å². The molecular weight excluding hydrogens is 214 g/mol. The molecule has 1 fully saturated rings. The molecule has 0 amide bonds. The van der Waals surface area contributed by atoms with Crippen molar-refractivity contribution >= 4 is 0 Å². The summed E-state index contributed by atoms with van der Waals surface area (Å²) in [6, 6.07) is 8.13. The van der Waals surface area contributed by atoms with Gasteiger partial charge in [-0.2, -0.15) is 0 Å². The molecule has 1 saturated carbocycles. The zero-order valence-electron chi connectivity index (χ0n) is 10.7. The minimum Gasteiger partial charge on any atom is -0.497 e. The Balaban J connectivity index is 1.88. The number of nitrogens with one attached hydrogen (secondary N) is 1. The molecule has 0 aromatic heterocycles. The van der Waals surface area contributed by atoms with Crippen LogP contribution >= 0.6 is 0 Å². The van der Waals surface area contributed by atoms with E-state index in [4.69, 9.17) is 4.74 Å². The molecular formula is C14H21NO2. The molecule has 2 unspecified atom stereocenters. The first-order valence-corrected chi connectivity index (χ1v) is 6.08. The largest absolute Gasteiger partial charge is 0.497 e. The third-order valence-electron chi connectivity index (χ3n) is 3.55. The van der Waals surface area contributed by atoms with E-state index >= 15 is 0 Å². The summed E-state index contributed by atoms with van der Waals surface area (Å²) < 4.78 is 5.14. The summed E-state index contributed by atoms with van der Waals surface area (Å²) in [5.74, 6) is 0.785. The highest BCUT2D eigenvalue weighted by Crippen LogP contribution is 2.44. The third-order valence-corrected chi connectivity index (χ3v) is 3.55. The van der Waals surface area contributed by atoms with Crippen LogP contribution in [-0.4, -0.2) is 24.8 Å². The van der Waals surface area contributed by atoms with Crippen molar-refractivity contribution in [3.63, 3.8) is 0 Å². The fourth-order valence-electron chi connectivity index (χ4n) is 2.04. The standard InChI is InChI=1S/C14H21NO2/c1-14(2)8-13(14)15-9-12(16)10-5-4-6-11(7-10)17-3/h4-7,12-13,15-16H,8-9H2,1-3H3. The second kappa shape index (κ2) is 4.67. The van der Waals surface area contributed by atoms with Gasteiger partial charge in [0.15, 0.2) is 0 Å². The van der Waals surface area contributed by atoms with E-state index in [1.807, 2.05) is 24.3 Å². The topological polar surface area (TPSA) is 41.5 Å². The van der Waals surface area contributed by atoms with Gasteiger partial charge in [0, 0.05) is 12.6 Å². The van der Waals surface area contributed by atoms with Crippen molar-refractivity contribution in [2.45, 2.75) is 32.4 Å². The van der Waals surface area contributed by atoms with Crippen molar-refractivity contribution in [3.8, 4) is 5.75 Å². The van der Waals surface area contributed by atoms with E-state index in [0.717, 1.165) is 11.3 Å². The molecule has 0 bridgehead atoms. The maximum atomic E-state index is 10.1. The molecule has 0 aliphatic heterocycles. The van der Waals surface area contributed by atoms with Gasteiger partial charge in [0.25, 0.3) is 0 Å². The van der Waals surface area contributed by atoms with Crippen LogP contribution in [0.4, 0.5) is 0 Å². The molecule has 2 atom stereocenters. The van der Waals surface area contributed by atoms with Crippen LogP contribution in [0.25, 0.3) is 0 Å². The van der Waals surface area contributed by atoms with E-state index in [-0.39, 0.29) is 0 Å². The molecule has 2 N–H and O–H groups in total. The van der Waals surface area contributed by atoms with Crippen molar-refractivity contribution in [3.05, 3.63) is 29.8 Å². The van der Waals surface area contributed by atoms with Crippen molar-refractivity contribution in [2.24, 2.45) is 5.41 Å². The number of ether oxygens (including phenoxy) is 1. The van der Waals surface area contributed by atoms with Crippen LogP contribution in [0.15, 0.2) is 24.3 Å². The second-order valence-electron chi connectivity index (χ2n) is 5.45. The zero-order chi connectivity index (χ0) is 12.5. The van der Waals surface area contributed by atoms with Crippen LogP contribution in [0.1, 0.15) is 31.9 Å². The summed E-state index contributed by atoms with van der Waals surface area (Å²) in [4.78, 5) is 0. The van der Waals surface area contributed by atoms with Gasteiger partial charge in [0.2, 0.25) is 0 Å². The smallest absolute Gasteiger partial charge is 0.119 e. The predicted octanol–water partition coefficient (Wildman–Crippen LogP) is 2.12. The third kappa shape index (κ3) is 2.99. The quantitative estimate of drug-likeness (QED) is 0.821. The lowest BCUT2D eigenvalue weighted by atomic mass is 10.1. The van der Waals surface area contributed by atoms with Crippen LogP contribution in [0, 0.1) is 5.41 Å². The number of aliphatic hydroxyl groups is 1. The normalized spacial score (nSPS) is 23.2. The Bertz CT molecular complexity index is 390. The number of aliphatic hydroxyl groups excluding tert-OH is 1. The highest BCUT2D eigenvalue weighted by molar-refractivity contribution is 5.30. The first-order chi connectivity index (χ1) is 8.03. The molecule has 0 spiro atoms. The molecule has 2 rings (SSSR count). The average Bonchev–Trinajstić information content (AvgIpc) is 2.94. The Morgan fingerprint density at radius 3 is 2.82 bits per heavy atom. The maximum absolute atomic E-state index is 10.1. The van der Waals surface area contributed by atoms with Gasteiger partial charge in [-0.25, -0.2) is 0 Å². The molecule has 0 saturated heterocycles. The highest BCUT2D eigenvalue weighted by Gasteiger charge is 2.45. The predicted molar refractivity (Wildman–Crippen MR) is 68.1 cm³/mol. The van der Waals surface area contributed by atoms with Crippen LogP contribution in [0.2, 0.25) is 0 Å². The lowest BCUT2D eigenvalue weighted by Crippen LogP contribution is -2.26. The highest BCUT2D eigenvalue weighted by atomic mass is 16.5. The molecule has 1 aromatic rings. The molecule has 3 nitrogen and oxygen atoms in total. The number of methoxy groups -OCH3 is 1. The van der Waals surface area contributed by atoms with Gasteiger partial charge in [-0.3, -0.25) is 0 Å². The van der Waals surface area contributed by atoms with Gasteiger partial charge >= 0.3 is 0 Å². The maximum Gasteiger partial charge on any atom is 0.119 e. The summed E-state index contributed by atoms with van der Waals surface area (Å²) in [6.45, 7) is 5.08. The minimum absolute atomic E-state index is 0.397. The van der Waals surface area contributed by atoms with Crippen LogP contribution in [0.5, 0.6) is 5.75 Å². The fraction of sp³-hybridized carbons (Fsp3) is 0.571. The summed E-state index contributed by atoms with van der Waals surface area (Å²) in [6.07, 6.45) is 0.721. The molecule has 3 heteroatoms. The second-order valence-corrected chi connectivity index (χ2v) is 5.45. The van der Waals surface area contributed by atoms with Crippen LogP contribution < -0.4 is 10.1 Å². The zero-order valence-corrected chi connectivity index (χ0v) is 10.7. The van der Waals surface area contributed by atoms with Crippen molar-refractivity contribution in [2.75, 3.05) is 13.7 Å². The van der Waals surface area contributed by atoms with Gasteiger partial charge in [0.1, 0.15) is 5.75 Å². The van der Waals surface area contributed by atoms with Gasteiger partial charge < -0.3 is 15.2 Å². The summed E-state index contributed by atoms with van der Waals surface area (Å²) in [5, 5.41) is 13.5. The monoisotopic (exact) mass is 235 g/mol. The Morgan fingerprint density at radius 1 is 1.53 bits per heavy atom. The Morgan fingerprint density at radius 2 is 2.24 bits per heavy atom. The molecule has 94 valence electrons. The Labute approximate surface area is 103 Å². The van der Waals surface area contributed by atoms with E-state index < -0.39 is 6.10 Å². The molecule has 1 aliphatic rings. The lowest BCUT2D eigenvalue weighted by molar-refractivity contribution is 0.172. The van der Waals surface area contributed by atoms with Gasteiger partial charge in [-0.15, -0.1) is 0 Å². The number of hydrogen-bond donors (Lipinski definition) is 2. The molecule has 0 radical (unpaired) electrons. The summed E-state index contributed by atoms with van der Waals surface area (Å²) in [5.41, 5.74) is 1.30. The number of benzene rings is 1. The lowest BCUT2D eigenvalue weighted by Gasteiger charge is -2.14. The summed E-state index contributed by atoms with van der Waals surface area (Å²) >= 11 is 0. The number of hydrogen-bond acceptors (Lipinski definition) is 3. The first kappa shape index (κ1) is 12.4. The van der Waals surface area contributed by atoms with Gasteiger partial charge in [0.05, 0.1) is 13.2 Å². The molecule has 1 aromatic carbocycles. The minimum atomic E-state index is -0.471. The van der Waals surface area contributed by atoms with Crippen LogP contribution in [-0.2, 0) is 0 Å². The van der Waals surface area contributed by atoms with E-state index in [1.54, 1.807) is 7.11 Å². The van der Waals surface area contributed by atoms with E-state index in [0.29, 0.717) is 18.0 Å². The van der Waals surface area contributed by atoms with E-state index in [9.17, 15) is 5.11 Å². The first-order valence-electron chi connectivity index (χ1n) is 6.08. The van der Waals surface area contributed by atoms with E-state index in [1.165, 1.54) is 6.42 Å². The molecule has 1 aliphatic carbocycles. The van der Waals surface area contributed by atoms with Gasteiger partial charge in [-0.05, 0) is 29.5 Å². The molecule has 17 heavy (non-hydrogen) atoms. The van der Waals surface area contributed by atoms with Crippen molar-refractivity contribution in [1.82, 2.24) is 5.32 Å². The Kier molecular flexibility index (Phi) is 3.40. The van der Waals surface area contributed by atoms with Crippen molar-refractivity contribution in [1.29, 1.82) is 0 Å². The number of rotatable bonds is 5. The SMILES string of the molecule is COc1cccc(C(O)CNC2CC2(C)C)c1. The van der Waals surface area contributed by atoms with Crippen LogP contribution in [0.3, 0.4) is 0 Å². The molecule has 0 heterocycles. The van der Waals surface area contributed by atoms with Gasteiger partial charge in [-0.1, -0.05) is 26.0 Å². The fourth-order valence-corrected chi connectivity index (χ4v) is 2.04. The van der Waals surface area contributed by atoms with Crippen molar-refractivity contribution < 1.29 is 9.84 Å². The summed E-state index contributed by atoms with van der Waals surface area (Å²) in [7, 11) is 1.64.